The molecular formula is C11H15N5O3. The van der Waals surface area contributed by atoms with Gasteiger partial charge in [0.15, 0.2) is 11.2 Å². The van der Waals surface area contributed by atoms with E-state index in [9.17, 15) is 9.90 Å². The lowest BCUT2D eigenvalue weighted by atomic mass is 10.2. The third-order valence-electron chi connectivity index (χ3n) is 3.35. The number of rotatable bonds is 1. The van der Waals surface area contributed by atoms with Crippen LogP contribution in [-0.4, -0.2) is 36.9 Å². The van der Waals surface area contributed by atoms with Crippen molar-refractivity contribution < 1.29 is 9.84 Å². The number of aliphatic hydroxyl groups is 1. The number of aromatic nitrogens is 4. The van der Waals surface area contributed by atoms with Crippen LogP contribution in [0.1, 0.15) is 20.1 Å². The first-order valence-corrected chi connectivity index (χ1v) is 6.06. The van der Waals surface area contributed by atoms with Crippen molar-refractivity contribution in [2.45, 2.75) is 38.8 Å². The van der Waals surface area contributed by atoms with Crippen LogP contribution < -0.4 is 11.3 Å². The van der Waals surface area contributed by atoms with Gasteiger partial charge in [-0.05, 0) is 13.8 Å². The lowest BCUT2D eigenvalue weighted by Crippen LogP contribution is -2.32. The summed E-state index contributed by atoms with van der Waals surface area (Å²) in [5, 5.41) is 17.7. The molecule has 0 spiro atoms. The van der Waals surface area contributed by atoms with Crippen LogP contribution in [0.5, 0.6) is 0 Å². The number of nitrogen functional groups attached to an aromatic ring is 1. The molecule has 0 radical (unpaired) electrons. The number of anilines is 1. The Morgan fingerprint density at radius 3 is 3.05 bits per heavy atom. The molecule has 1 aliphatic rings. The highest BCUT2D eigenvalue weighted by Crippen LogP contribution is 2.25. The van der Waals surface area contributed by atoms with Gasteiger partial charge in [-0.25, -0.2) is 4.68 Å². The molecule has 19 heavy (non-hydrogen) atoms. The number of hydrogen-bond acceptors (Lipinski definition) is 6. The van der Waals surface area contributed by atoms with Crippen molar-refractivity contribution in [3.05, 3.63) is 16.4 Å². The molecule has 2 aromatic rings. The predicted molar refractivity (Wildman–Crippen MR) is 67.5 cm³/mol. The number of nitrogens with two attached hydrogens (primary N) is 1. The smallest absolute Gasteiger partial charge is 0.256 e. The molecule has 0 bridgehead atoms. The molecule has 0 saturated heterocycles. The highest BCUT2D eigenvalue weighted by molar-refractivity contribution is 5.83. The minimum absolute atomic E-state index is 0.271. The Morgan fingerprint density at radius 2 is 2.37 bits per heavy atom. The van der Waals surface area contributed by atoms with Crippen LogP contribution in [0.2, 0.25) is 0 Å². The Labute approximate surface area is 108 Å². The fourth-order valence-corrected chi connectivity index (χ4v) is 2.38. The fraction of sp³-hybridized carbons (Fsp3) is 0.545. The summed E-state index contributed by atoms with van der Waals surface area (Å²) >= 11 is 0. The minimum atomic E-state index is -0.677. The number of hydrogen-bond donors (Lipinski definition) is 2. The van der Waals surface area contributed by atoms with Gasteiger partial charge in [-0.2, -0.15) is 0 Å². The number of aliphatic hydroxyl groups excluding tert-OH is 1. The maximum Gasteiger partial charge on any atom is 0.256 e. The summed E-state index contributed by atoms with van der Waals surface area (Å²) in [7, 11) is 0. The van der Waals surface area contributed by atoms with Gasteiger partial charge in [-0.1, -0.05) is 5.21 Å². The Morgan fingerprint density at radius 1 is 1.63 bits per heavy atom. The Kier molecular flexibility index (Phi) is 2.58. The molecule has 3 atom stereocenters. The van der Waals surface area contributed by atoms with E-state index in [4.69, 9.17) is 10.5 Å². The lowest BCUT2D eigenvalue weighted by Gasteiger charge is -2.22. The number of nitrogens with zero attached hydrogens (tertiary/aromatic N) is 4. The SMILES string of the molecule is CC(O)[C@H]1Cn2nnc3c(N)cc(=O)n(c32)[C@@H](C)O1. The Hall–Kier alpha value is -1.93. The molecule has 3 rings (SSSR count). The van der Waals surface area contributed by atoms with Gasteiger partial charge in [0.05, 0.1) is 18.3 Å². The van der Waals surface area contributed by atoms with E-state index >= 15 is 0 Å². The highest BCUT2D eigenvalue weighted by atomic mass is 16.5. The molecule has 2 aromatic heterocycles. The molecule has 8 nitrogen and oxygen atoms in total. The van der Waals surface area contributed by atoms with E-state index in [1.54, 1.807) is 18.5 Å². The van der Waals surface area contributed by atoms with Gasteiger partial charge in [0.1, 0.15) is 12.3 Å². The van der Waals surface area contributed by atoms with Gasteiger partial charge in [0, 0.05) is 6.07 Å². The van der Waals surface area contributed by atoms with Crippen LogP contribution in [-0.2, 0) is 11.3 Å². The molecule has 3 heterocycles. The van der Waals surface area contributed by atoms with Crippen molar-refractivity contribution in [2.24, 2.45) is 0 Å². The van der Waals surface area contributed by atoms with Gasteiger partial charge in [-0.3, -0.25) is 9.36 Å². The monoisotopic (exact) mass is 265 g/mol. The van der Waals surface area contributed by atoms with Crippen molar-refractivity contribution in [3.8, 4) is 0 Å². The molecular weight excluding hydrogens is 250 g/mol. The van der Waals surface area contributed by atoms with Crippen molar-refractivity contribution in [1.29, 1.82) is 0 Å². The van der Waals surface area contributed by atoms with Crippen molar-refractivity contribution in [1.82, 2.24) is 19.6 Å². The maximum absolute atomic E-state index is 12.1. The second kappa shape index (κ2) is 4.04. The summed E-state index contributed by atoms with van der Waals surface area (Å²) in [5.74, 6) is 0. The summed E-state index contributed by atoms with van der Waals surface area (Å²) < 4.78 is 8.71. The average Bonchev–Trinajstić information content (AvgIpc) is 2.66. The van der Waals surface area contributed by atoms with Gasteiger partial charge in [0.25, 0.3) is 5.56 Å². The van der Waals surface area contributed by atoms with Crippen molar-refractivity contribution >= 4 is 16.9 Å². The predicted octanol–water partition coefficient (Wildman–Crippen LogP) is -0.527. The summed E-state index contributed by atoms with van der Waals surface area (Å²) in [6.07, 6.45) is -1.65. The van der Waals surface area contributed by atoms with Gasteiger partial charge < -0.3 is 15.6 Å². The van der Waals surface area contributed by atoms with E-state index in [0.29, 0.717) is 23.4 Å². The molecule has 0 aromatic carbocycles. The summed E-state index contributed by atoms with van der Waals surface area (Å²) in [6.45, 7) is 3.70. The second-order valence-electron chi connectivity index (χ2n) is 4.77. The van der Waals surface area contributed by atoms with Gasteiger partial charge in [0.2, 0.25) is 0 Å². The highest BCUT2D eigenvalue weighted by Gasteiger charge is 2.29. The third-order valence-corrected chi connectivity index (χ3v) is 3.35. The fourth-order valence-electron chi connectivity index (χ4n) is 2.38. The third kappa shape index (κ3) is 1.71. The lowest BCUT2D eigenvalue weighted by molar-refractivity contribution is -0.0938. The zero-order valence-corrected chi connectivity index (χ0v) is 10.6. The van der Waals surface area contributed by atoms with E-state index in [-0.39, 0.29) is 5.56 Å². The van der Waals surface area contributed by atoms with Crippen LogP contribution in [0.4, 0.5) is 5.69 Å². The largest absolute Gasteiger partial charge is 0.397 e. The van der Waals surface area contributed by atoms with Crippen LogP contribution in [0.3, 0.4) is 0 Å². The van der Waals surface area contributed by atoms with E-state index in [2.05, 4.69) is 10.3 Å². The summed E-state index contributed by atoms with van der Waals surface area (Å²) in [6, 6.07) is 1.31. The van der Waals surface area contributed by atoms with E-state index in [0.717, 1.165) is 0 Å². The standard InChI is InChI=1S/C11H15N5O3/c1-5(17)8-4-15-11-10(13-14-15)7(12)3-9(18)16(11)6(2)19-8/h3,5-6,8,17H,4,12H2,1-2H3/t5?,6-,8-/m1/s1. The first kappa shape index (κ1) is 12.1. The van der Waals surface area contributed by atoms with E-state index < -0.39 is 18.4 Å². The molecule has 0 amide bonds. The molecule has 0 aliphatic carbocycles. The average molecular weight is 265 g/mol. The van der Waals surface area contributed by atoms with Crippen LogP contribution in [0.15, 0.2) is 10.9 Å². The molecule has 3 N–H and O–H groups in total. The van der Waals surface area contributed by atoms with Crippen LogP contribution in [0, 0.1) is 0 Å². The molecule has 1 unspecified atom stereocenters. The Bertz CT molecular complexity index is 689. The number of pyridine rings is 1. The van der Waals surface area contributed by atoms with Crippen LogP contribution >= 0.6 is 0 Å². The zero-order valence-electron chi connectivity index (χ0n) is 10.6. The summed E-state index contributed by atoms with van der Waals surface area (Å²) in [5.41, 5.74) is 6.82. The topological polar surface area (TPSA) is 108 Å². The summed E-state index contributed by atoms with van der Waals surface area (Å²) in [4.78, 5) is 12.1. The first-order chi connectivity index (χ1) is 8.99. The first-order valence-electron chi connectivity index (χ1n) is 6.06. The van der Waals surface area contributed by atoms with Crippen molar-refractivity contribution in [2.75, 3.05) is 5.73 Å². The molecule has 8 heteroatoms. The van der Waals surface area contributed by atoms with Gasteiger partial charge in [-0.15, -0.1) is 5.10 Å². The minimum Gasteiger partial charge on any atom is -0.397 e. The molecule has 102 valence electrons. The van der Waals surface area contributed by atoms with E-state index in [1.165, 1.54) is 10.6 Å². The van der Waals surface area contributed by atoms with E-state index in [1.807, 2.05) is 0 Å². The van der Waals surface area contributed by atoms with Crippen LogP contribution in [0.25, 0.3) is 11.2 Å². The Balaban J connectivity index is 2.30. The maximum atomic E-state index is 12.1. The quantitative estimate of drug-likeness (QED) is 0.717. The van der Waals surface area contributed by atoms with Gasteiger partial charge >= 0.3 is 0 Å². The van der Waals surface area contributed by atoms with Crippen molar-refractivity contribution in [3.63, 3.8) is 0 Å². The second-order valence-corrected chi connectivity index (χ2v) is 4.77. The molecule has 0 saturated carbocycles. The number of ether oxygens (including phenoxy) is 1. The zero-order chi connectivity index (χ0) is 13.7. The molecule has 1 aliphatic heterocycles. The molecule has 0 fully saturated rings. The normalized spacial score (nSPS) is 24.4.